The first-order chi connectivity index (χ1) is 15.2. The van der Waals surface area contributed by atoms with Crippen LogP contribution in [0.1, 0.15) is 28.8 Å². The zero-order valence-electron chi connectivity index (χ0n) is 18.2. The summed E-state index contributed by atoms with van der Waals surface area (Å²) in [5.74, 6) is 2.16. The van der Waals surface area contributed by atoms with Gasteiger partial charge in [-0.2, -0.15) is 0 Å². The van der Waals surface area contributed by atoms with Gasteiger partial charge in [0.25, 0.3) is 5.56 Å². The molecule has 166 valence electrons. The molecule has 0 aliphatic heterocycles. The number of fused-ring (bicyclic) bond motifs is 3. The molecule has 0 amide bonds. The summed E-state index contributed by atoms with van der Waals surface area (Å²) in [5.41, 5.74) is 2.41. The van der Waals surface area contributed by atoms with Crippen LogP contribution in [0.3, 0.4) is 0 Å². The number of methoxy groups -OCH3 is 3. The summed E-state index contributed by atoms with van der Waals surface area (Å²) in [5, 5.41) is 1.61. The lowest BCUT2D eigenvalue weighted by Crippen LogP contribution is -2.25. The molecule has 2 heterocycles. The summed E-state index contributed by atoms with van der Waals surface area (Å²) in [6.45, 7) is 1.19. The molecule has 6 nitrogen and oxygen atoms in total. The number of thioether (sulfide) groups is 1. The molecule has 31 heavy (non-hydrogen) atoms. The van der Waals surface area contributed by atoms with Gasteiger partial charge in [-0.05, 0) is 55.4 Å². The van der Waals surface area contributed by atoms with Crippen LogP contribution in [0.4, 0.5) is 0 Å². The predicted octanol–water partition coefficient (Wildman–Crippen LogP) is 4.34. The fourth-order valence-corrected chi connectivity index (χ4v) is 6.25. The standard InChI is InChI=1S/C23H28N2O4S2/c1-27-12-13-30-23-24-21-20(16-6-4-5-7-19(16)31-21)22(26)25(23)11-10-15-8-9-17(28-2)18(14-15)29-3/h8-9,14H,4-7,10-13H2,1-3H3. The van der Waals surface area contributed by atoms with Crippen molar-refractivity contribution in [2.45, 2.75) is 43.8 Å². The lowest BCUT2D eigenvalue weighted by Gasteiger charge is -2.14. The van der Waals surface area contributed by atoms with E-state index < -0.39 is 0 Å². The Kier molecular flexibility index (Phi) is 7.20. The Morgan fingerprint density at radius 2 is 1.94 bits per heavy atom. The molecule has 0 N–H and O–H groups in total. The maximum absolute atomic E-state index is 13.6. The summed E-state index contributed by atoms with van der Waals surface area (Å²) in [6, 6.07) is 5.89. The van der Waals surface area contributed by atoms with Crippen LogP contribution in [0.5, 0.6) is 11.5 Å². The third-order valence-electron chi connectivity index (χ3n) is 5.63. The van der Waals surface area contributed by atoms with Gasteiger partial charge in [-0.25, -0.2) is 4.98 Å². The highest BCUT2D eigenvalue weighted by atomic mass is 32.2. The summed E-state index contributed by atoms with van der Waals surface area (Å²) < 4.78 is 17.8. The summed E-state index contributed by atoms with van der Waals surface area (Å²) in [6.07, 6.45) is 5.10. The number of rotatable bonds is 9. The van der Waals surface area contributed by atoms with Crippen LogP contribution < -0.4 is 15.0 Å². The molecule has 8 heteroatoms. The number of hydrogen-bond donors (Lipinski definition) is 0. The molecule has 0 saturated heterocycles. The number of aryl methyl sites for hydroxylation is 3. The van der Waals surface area contributed by atoms with Crippen LogP contribution in [0.15, 0.2) is 28.2 Å². The van der Waals surface area contributed by atoms with Gasteiger partial charge < -0.3 is 14.2 Å². The Bertz CT molecular complexity index is 1120. The van der Waals surface area contributed by atoms with E-state index in [1.54, 1.807) is 44.4 Å². The first kappa shape index (κ1) is 22.2. The van der Waals surface area contributed by atoms with Crippen LogP contribution in [0.25, 0.3) is 10.2 Å². The Morgan fingerprint density at radius 1 is 1.13 bits per heavy atom. The van der Waals surface area contributed by atoms with E-state index >= 15 is 0 Å². The Labute approximate surface area is 190 Å². The fourth-order valence-electron chi connectivity index (χ4n) is 4.02. The van der Waals surface area contributed by atoms with Crippen LogP contribution in [-0.2, 0) is 30.5 Å². The Hall–Kier alpha value is -2.03. The van der Waals surface area contributed by atoms with Gasteiger partial charge in [0.2, 0.25) is 0 Å². The second kappa shape index (κ2) is 10.1. The molecule has 2 aromatic heterocycles. The van der Waals surface area contributed by atoms with Gasteiger partial charge in [-0.1, -0.05) is 17.8 Å². The highest BCUT2D eigenvalue weighted by molar-refractivity contribution is 7.99. The highest BCUT2D eigenvalue weighted by Crippen LogP contribution is 2.35. The summed E-state index contributed by atoms with van der Waals surface area (Å²) >= 11 is 3.28. The average Bonchev–Trinajstić information content (AvgIpc) is 3.17. The molecule has 1 aliphatic rings. The van der Waals surface area contributed by atoms with Crippen molar-refractivity contribution in [3.8, 4) is 11.5 Å². The van der Waals surface area contributed by atoms with Crippen LogP contribution in [0.2, 0.25) is 0 Å². The molecule has 0 bridgehead atoms. The average molecular weight is 461 g/mol. The van der Waals surface area contributed by atoms with E-state index in [0.717, 1.165) is 46.0 Å². The minimum Gasteiger partial charge on any atom is -0.493 e. The second-order valence-electron chi connectivity index (χ2n) is 7.52. The van der Waals surface area contributed by atoms with Gasteiger partial charge in [-0.15, -0.1) is 11.3 Å². The lowest BCUT2D eigenvalue weighted by atomic mass is 9.97. The van der Waals surface area contributed by atoms with E-state index in [2.05, 4.69) is 0 Å². The number of benzene rings is 1. The van der Waals surface area contributed by atoms with Gasteiger partial charge >= 0.3 is 0 Å². The zero-order chi connectivity index (χ0) is 21.8. The van der Waals surface area contributed by atoms with Crippen LogP contribution in [-0.4, -0.2) is 43.2 Å². The molecule has 0 fully saturated rings. The summed E-state index contributed by atoms with van der Waals surface area (Å²) in [4.78, 5) is 20.8. The minimum atomic E-state index is 0.0878. The van der Waals surface area contributed by atoms with E-state index in [0.29, 0.717) is 31.1 Å². The molecule has 0 unspecified atom stereocenters. The largest absolute Gasteiger partial charge is 0.493 e. The topological polar surface area (TPSA) is 62.6 Å². The van der Waals surface area contributed by atoms with E-state index in [-0.39, 0.29) is 5.56 Å². The lowest BCUT2D eigenvalue weighted by molar-refractivity contribution is 0.218. The SMILES string of the molecule is COCCSc1nc2sc3c(c2c(=O)n1CCc1ccc(OC)c(OC)c1)CCCC3. The maximum atomic E-state index is 13.6. The normalized spacial score (nSPS) is 13.4. The van der Waals surface area contributed by atoms with Crippen molar-refractivity contribution in [1.82, 2.24) is 9.55 Å². The van der Waals surface area contributed by atoms with Crippen molar-refractivity contribution in [2.75, 3.05) is 33.7 Å². The first-order valence-electron chi connectivity index (χ1n) is 10.5. The van der Waals surface area contributed by atoms with Crippen molar-refractivity contribution in [2.24, 2.45) is 0 Å². The molecule has 0 radical (unpaired) electrons. The maximum Gasteiger partial charge on any atom is 0.263 e. The third kappa shape index (κ3) is 4.61. The second-order valence-corrected chi connectivity index (χ2v) is 9.67. The number of nitrogens with zero attached hydrogens (tertiary/aromatic N) is 2. The zero-order valence-corrected chi connectivity index (χ0v) is 19.9. The number of hydrogen-bond acceptors (Lipinski definition) is 7. The molecule has 0 saturated carbocycles. The van der Waals surface area contributed by atoms with Gasteiger partial charge in [0.1, 0.15) is 4.83 Å². The van der Waals surface area contributed by atoms with E-state index in [4.69, 9.17) is 19.2 Å². The van der Waals surface area contributed by atoms with Crippen molar-refractivity contribution in [3.63, 3.8) is 0 Å². The highest BCUT2D eigenvalue weighted by Gasteiger charge is 2.22. The predicted molar refractivity (Wildman–Crippen MR) is 126 cm³/mol. The Balaban J connectivity index is 1.69. The molecule has 1 aromatic carbocycles. The fraction of sp³-hybridized carbons (Fsp3) is 0.478. The van der Waals surface area contributed by atoms with Gasteiger partial charge in [-0.3, -0.25) is 9.36 Å². The van der Waals surface area contributed by atoms with Crippen molar-refractivity contribution in [3.05, 3.63) is 44.6 Å². The molecule has 0 atom stereocenters. The molecule has 4 rings (SSSR count). The molecular weight excluding hydrogens is 432 g/mol. The number of thiophene rings is 1. The van der Waals surface area contributed by atoms with Crippen LogP contribution in [0, 0.1) is 0 Å². The van der Waals surface area contributed by atoms with Crippen LogP contribution >= 0.6 is 23.1 Å². The number of ether oxygens (including phenoxy) is 3. The molecule has 0 spiro atoms. The van der Waals surface area contributed by atoms with E-state index in [1.165, 1.54) is 16.9 Å². The molecule has 1 aliphatic carbocycles. The first-order valence-corrected chi connectivity index (χ1v) is 12.3. The third-order valence-corrected chi connectivity index (χ3v) is 7.76. The van der Waals surface area contributed by atoms with Gasteiger partial charge in [0.15, 0.2) is 16.7 Å². The quantitative estimate of drug-likeness (QED) is 0.269. The monoisotopic (exact) mass is 460 g/mol. The van der Waals surface area contributed by atoms with Crippen molar-refractivity contribution in [1.29, 1.82) is 0 Å². The van der Waals surface area contributed by atoms with E-state index in [9.17, 15) is 4.79 Å². The van der Waals surface area contributed by atoms with Crippen molar-refractivity contribution >= 4 is 33.3 Å². The van der Waals surface area contributed by atoms with Crippen molar-refractivity contribution < 1.29 is 14.2 Å². The smallest absolute Gasteiger partial charge is 0.263 e. The molecular formula is C23H28N2O4S2. The molecule has 3 aromatic rings. The Morgan fingerprint density at radius 3 is 2.71 bits per heavy atom. The summed E-state index contributed by atoms with van der Waals surface area (Å²) in [7, 11) is 4.95. The van der Waals surface area contributed by atoms with Gasteiger partial charge in [0, 0.05) is 24.3 Å². The number of aromatic nitrogens is 2. The van der Waals surface area contributed by atoms with Gasteiger partial charge in [0.05, 0.1) is 26.2 Å². The minimum absolute atomic E-state index is 0.0878. The van der Waals surface area contributed by atoms with E-state index in [1.807, 2.05) is 22.8 Å².